The number of aryl methyl sites for hydroxylation is 2. The van der Waals surface area contributed by atoms with E-state index in [2.05, 4.69) is 18.3 Å². The second-order valence-electron chi connectivity index (χ2n) is 6.29. The van der Waals surface area contributed by atoms with E-state index in [1.165, 1.54) is 5.56 Å². The molecule has 0 saturated carbocycles. The average Bonchev–Trinajstić information content (AvgIpc) is 2.61. The Morgan fingerprint density at radius 2 is 1.96 bits per heavy atom. The van der Waals surface area contributed by atoms with Crippen molar-refractivity contribution in [2.24, 2.45) is 0 Å². The van der Waals surface area contributed by atoms with Gasteiger partial charge in [-0.15, -0.1) is 0 Å². The minimum absolute atomic E-state index is 0.378. The third kappa shape index (κ3) is 5.96. The van der Waals surface area contributed by atoms with E-state index in [9.17, 15) is 8.76 Å². The van der Waals surface area contributed by atoms with Gasteiger partial charge in [0.05, 0.1) is 7.11 Å². The highest BCUT2D eigenvalue weighted by molar-refractivity contribution is 7.79. The van der Waals surface area contributed by atoms with Crippen LogP contribution in [0.4, 0.5) is 0 Å². The van der Waals surface area contributed by atoms with E-state index in [0.717, 1.165) is 42.7 Å². The zero-order valence-electron chi connectivity index (χ0n) is 15.1. The number of hydrogen-bond acceptors (Lipinski definition) is 4. The summed E-state index contributed by atoms with van der Waals surface area (Å²) in [6, 6.07) is 14.1. The molecule has 2 rings (SSSR count). The molecule has 0 fully saturated rings. The van der Waals surface area contributed by atoms with Gasteiger partial charge in [0, 0.05) is 10.9 Å². The molecule has 25 heavy (non-hydrogen) atoms. The van der Waals surface area contributed by atoms with Crippen LogP contribution in [0.2, 0.25) is 0 Å². The highest BCUT2D eigenvalue weighted by atomic mass is 32.2. The fourth-order valence-corrected chi connectivity index (χ4v) is 3.40. The number of hydrogen-bond donors (Lipinski definition) is 1. The Labute approximate surface area is 152 Å². The lowest BCUT2D eigenvalue weighted by molar-refractivity contribution is 0.407. The molecule has 0 aliphatic carbocycles. The van der Waals surface area contributed by atoms with Crippen molar-refractivity contribution in [1.29, 1.82) is 0 Å². The summed E-state index contributed by atoms with van der Waals surface area (Å²) in [5.74, 6) is 0.937. The maximum absolute atomic E-state index is 11.2. The van der Waals surface area contributed by atoms with Crippen molar-refractivity contribution >= 4 is 11.1 Å². The van der Waals surface area contributed by atoms with Gasteiger partial charge in [0.15, 0.2) is 0 Å². The molecule has 0 radical (unpaired) electrons. The molecule has 0 spiro atoms. The first-order chi connectivity index (χ1) is 12.0. The minimum Gasteiger partial charge on any atom is -0.768 e. The van der Waals surface area contributed by atoms with Crippen LogP contribution >= 0.6 is 0 Å². The third-order valence-electron chi connectivity index (χ3n) is 4.38. The molecule has 2 aromatic carbocycles. The zero-order valence-corrected chi connectivity index (χ0v) is 15.9. The summed E-state index contributed by atoms with van der Waals surface area (Å²) in [6.07, 6.45) is 2.79. The van der Waals surface area contributed by atoms with Gasteiger partial charge < -0.3 is 14.6 Å². The summed E-state index contributed by atoms with van der Waals surface area (Å²) in [5, 5.41) is 3.51. The van der Waals surface area contributed by atoms with E-state index in [1.54, 1.807) is 13.2 Å². The lowest BCUT2D eigenvalue weighted by atomic mass is 10.0. The second-order valence-corrected chi connectivity index (χ2v) is 7.20. The van der Waals surface area contributed by atoms with Crippen LogP contribution in [-0.2, 0) is 23.9 Å². The van der Waals surface area contributed by atoms with Crippen LogP contribution in [0.1, 0.15) is 30.0 Å². The quantitative estimate of drug-likeness (QED) is 0.696. The predicted molar refractivity (Wildman–Crippen MR) is 101 cm³/mol. The predicted octanol–water partition coefficient (Wildman–Crippen LogP) is 3.40. The van der Waals surface area contributed by atoms with Gasteiger partial charge in [-0.1, -0.05) is 30.3 Å². The van der Waals surface area contributed by atoms with Crippen molar-refractivity contribution in [2.45, 2.75) is 44.0 Å². The number of methoxy groups -OCH3 is 1. The smallest absolute Gasteiger partial charge is 0.122 e. The van der Waals surface area contributed by atoms with E-state index in [-0.39, 0.29) is 0 Å². The van der Waals surface area contributed by atoms with E-state index < -0.39 is 11.1 Å². The molecule has 0 aliphatic heterocycles. The lowest BCUT2D eigenvalue weighted by Gasteiger charge is -2.16. The lowest BCUT2D eigenvalue weighted by Crippen LogP contribution is -2.28. The Bertz CT molecular complexity index is 718. The second kappa shape index (κ2) is 9.70. The third-order valence-corrected chi connectivity index (χ3v) is 5.18. The van der Waals surface area contributed by atoms with Crippen LogP contribution in [0, 0.1) is 6.92 Å². The summed E-state index contributed by atoms with van der Waals surface area (Å²) < 4.78 is 27.8. The van der Waals surface area contributed by atoms with E-state index in [4.69, 9.17) is 4.74 Å². The number of benzene rings is 2. The fraction of sp³-hybridized carbons (Fsp3) is 0.400. The summed E-state index contributed by atoms with van der Waals surface area (Å²) in [6.45, 7) is 4.80. The molecule has 0 saturated heterocycles. The minimum atomic E-state index is -2.17. The number of nitrogens with one attached hydrogen (secondary N) is 1. The van der Waals surface area contributed by atoms with Crippen LogP contribution in [-0.4, -0.2) is 28.5 Å². The van der Waals surface area contributed by atoms with Crippen LogP contribution in [0.25, 0.3) is 0 Å². The highest BCUT2D eigenvalue weighted by Gasteiger charge is 2.06. The molecule has 0 bridgehead atoms. The zero-order chi connectivity index (χ0) is 18.2. The molecule has 2 atom stereocenters. The molecule has 0 aliphatic rings. The Morgan fingerprint density at radius 1 is 1.20 bits per heavy atom. The molecule has 0 heterocycles. The molecular formula is C20H26NO3S-. The Kier molecular flexibility index (Phi) is 7.62. The average molecular weight is 360 g/mol. The van der Waals surface area contributed by atoms with Crippen LogP contribution in [0.15, 0.2) is 47.4 Å². The summed E-state index contributed by atoms with van der Waals surface area (Å²) >= 11 is -2.17. The van der Waals surface area contributed by atoms with Crippen molar-refractivity contribution in [2.75, 3.05) is 13.7 Å². The summed E-state index contributed by atoms with van der Waals surface area (Å²) in [7, 11) is 1.70. The van der Waals surface area contributed by atoms with Gasteiger partial charge in [0.25, 0.3) is 0 Å². The monoisotopic (exact) mass is 360 g/mol. The van der Waals surface area contributed by atoms with Crippen molar-refractivity contribution < 1.29 is 13.5 Å². The van der Waals surface area contributed by atoms with E-state index >= 15 is 0 Å². The fourth-order valence-electron chi connectivity index (χ4n) is 2.83. The van der Waals surface area contributed by atoms with Gasteiger partial charge in [-0.2, -0.15) is 0 Å². The molecule has 1 N–H and O–H groups in total. The van der Waals surface area contributed by atoms with Crippen LogP contribution in [0.3, 0.4) is 0 Å². The van der Waals surface area contributed by atoms with Crippen molar-refractivity contribution in [3.05, 3.63) is 59.2 Å². The number of rotatable bonds is 9. The molecule has 136 valence electrons. The molecule has 2 unspecified atom stereocenters. The largest absolute Gasteiger partial charge is 0.768 e. The number of ether oxygens (including phenoxy) is 1. The van der Waals surface area contributed by atoms with Gasteiger partial charge in [0.1, 0.15) is 5.75 Å². The summed E-state index contributed by atoms with van der Waals surface area (Å²) in [5.41, 5.74) is 3.05. The molecule has 0 aromatic heterocycles. The van der Waals surface area contributed by atoms with Gasteiger partial charge in [-0.25, -0.2) is 0 Å². The van der Waals surface area contributed by atoms with Gasteiger partial charge in [0.2, 0.25) is 0 Å². The van der Waals surface area contributed by atoms with E-state index in [0.29, 0.717) is 10.9 Å². The van der Waals surface area contributed by atoms with Gasteiger partial charge >= 0.3 is 0 Å². The van der Waals surface area contributed by atoms with E-state index in [1.807, 2.05) is 37.3 Å². The van der Waals surface area contributed by atoms with Crippen LogP contribution < -0.4 is 10.1 Å². The molecular weight excluding hydrogens is 334 g/mol. The van der Waals surface area contributed by atoms with Crippen molar-refractivity contribution in [3.63, 3.8) is 0 Å². The Hall–Kier alpha value is -1.69. The Balaban J connectivity index is 1.80. The number of para-hydroxylation sites is 1. The molecule has 5 heteroatoms. The standard InChI is InChI=1S/C20H27NO3S/c1-15-8-10-17(14-20(15)25(22)23)12-13-21-16(2)9-11-18-6-4-5-7-19(18)24-3/h4-8,10,14,16,21H,9,11-13H2,1-3H3,(H,22,23)/p-1. The topological polar surface area (TPSA) is 61.4 Å². The van der Waals surface area contributed by atoms with Crippen LogP contribution in [0.5, 0.6) is 5.75 Å². The normalized spacial score (nSPS) is 13.4. The van der Waals surface area contributed by atoms with Crippen molar-refractivity contribution in [1.82, 2.24) is 5.32 Å². The highest BCUT2D eigenvalue weighted by Crippen LogP contribution is 2.19. The Morgan fingerprint density at radius 3 is 2.68 bits per heavy atom. The maximum Gasteiger partial charge on any atom is 0.122 e. The van der Waals surface area contributed by atoms with Crippen molar-refractivity contribution in [3.8, 4) is 5.75 Å². The first-order valence-corrected chi connectivity index (χ1v) is 9.63. The summed E-state index contributed by atoms with van der Waals surface area (Å²) in [4.78, 5) is 0.390. The maximum atomic E-state index is 11.2. The first-order valence-electron chi connectivity index (χ1n) is 8.55. The molecule has 0 amide bonds. The first kappa shape index (κ1) is 19.6. The molecule has 2 aromatic rings. The van der Waals surface area contributed by atoms with Gasteiger partial charge in [-0.05, 0) is 79.6 Å². The van der Waals surface area contributed by atoms with Gasteiger partial charge in [-0.3, -0.25) is 4.21 Å². The molecule has 4 nitrogen and oxygen atoms in total. The SMILES string of the molecule is COc1ccccc1CCC(C)NCCc1ccc(C)c(S(=O)[O-])c1.